The molecule has 11 nitrogen and oxygen atoms in total. The summed E-state index contributed by atoms with van der Waals surface area (Å²) in [6.45, 7) is 0.978. The lowest BCUT2D eigenvalue weighted by molar-refractivity contribution is -0.886. The van der Waals surface area contributed by atoms with Crippen LogP contribution in [0.1, 0.15) is 42.5 Å². The van der Waals surface area contributed by atoms with Crippen molar-refractivity contribution in [2.75, 3.05) is 47.0 Å². The maximum Gasteiger partial charge on any atom is 0.338 e. The number of imide groups is 1. The Balaban J connectivity index is 1.45. The highest BCUT2D eigenvalue weighted by Crippen LogP contribution is 2.35. The largest absolute Gasteiger partial charge is 0.633 e. The Morgan fingerprint density at radius 2 is 1.93 bits per heavy atom. The minimum atomic E-state index is -1.43. The van der Waals surface area contributed by atoms with Gasteiger partial charge >= 0.3 is 18.0 Å². The normalized spacial score (nSPS) is 22.8. The summed E-state index contributed by atoms with van der Waals surface area (Å²) < 4.78 is 37.5. The van der Waals surface area contributed by atoms with E-state index in [1.54, 1.807) is 6.20 Å². The third kappa shape index (κ3) is 6.87. The number of urea groups is 2. The zero-order valence-corrected chi connectivity index (χ0v) is 22.9. The molecule has 0 spiro atoms. The summed E-state index contributed by atoms with van der Waals surface area (Å²) in [6, 6.07) is 5.36. The molecule has 1 fully saturated rings. The molecule has 13 heteroatoms. The second-order valence-electron chi connectivity index (χ2n) is 10.0. The molecule has 1 atom stereocenters. The van der Waals surface area contributed by atoms with Gasteiger partial charge in [-0.05, 0) is 29.8 Å². The Morgan fingerprint density at radius 1 is 1.17 bits per heavy atom. The highest BCUT2D eigenvalue weighted by atomic mass is 19.2. The van der Waals surface area contributed by atoms with Crippen LogP contribution in [0.15, 0.2) is 53.9 Å². The number of halogens is 2. The van der Waals surface area contributed by atoms with Crippen LogP contribution in [0.5, 0.6) is 0 Å². The number of piperidine rings is 1. The molecule has 0 aliphatic carbocycles. The Hall–Kier alpha value is -3.94. The Kier molecular flexibility index (Phi) is 9.63. The number of nitrogens with one attached hydrogen (secondary N) is 2. The van der Waals surface area contributed by atoms with E-state index in [1.807, 2.05) is 18.2 Å². The quantitative estimate of drug-likeness (QED) is 0.203. The summed E-state index contributed by atoms with van der Waals surface area (Å²) in [6.07, 6.45) is 3.50. The molecule has 0 radical (unpaired) electrons. The van der Waals surface area contributed by atoms with E-state index in [0.717, 1.165) is 24.9 Å². The van der Waals surface area contributed by atoms with Crippen molar-refractivity contribution in [3.8, 4) is 0 Å². The van der Waals surface area contributed by atoms with Gasteiger partial charge in [-0.15, -0.1) is 0 Å². The fourth-order valence-electron chi connectivity index (χ4n) is 5.30. The molecular formula is C28H33F2N5O6. The molecule has 220 valence electrons. The first-order chi connectivity index (χ1) is 19.7. The van der Waals surface area contributed by atoms with Gasteiger partial charge < -0.3 is 30.0 Å². The van der Waals surface area contributed by atoms with Crippen molar-refractivity contribution in [2.24, 2.45) is 0 Å². The molecule has 0 saturated carbocycles. The number of aromatic nitrogens is 1. The number of carbonyl (C=O) groups is 3. The topological polar surface area (TPSA) is 133 Å². The molecule has 41 heavy (non-hydrogen) atoms. The molecule has 1 saturated heterocycles. The number of likely N-dealkylation sites (tertiary alicyclic amines) is 1. The molecule has 4 amide bonds. The van der Waals surface area contributed by atoms with Gasteiger partial charge in [0.1, 0.15) is 6.04 Å². The smallest absolute Gasteiger partial charge is 0.338 e. The lowest BCUT2D eigenvalue weighted by Gasteiger charge is -2.47. The zero-order valence-electron chi connectivity index (χ0n) is 22.9. The standard InChI is InChI=1S/C28H33F2N5O6/c1-40-17-23-24(26(36)41-2)25(19-7-8-20(29)21(30)16-19)34(28(38)33-23)27(37)32-12-5-13-35(39)14-9-18(10-15-35)22-6-3-4-11-31-22/h3-4,6-8,11,16,18,25H,5,9-10,12-15,17H2,1-2H3,(H,32,37)(H,33,38). The maximum atomic E-state index is 14.2. The molecule has 1 aromatic heterocycles. The van der Waals surface area contributed by atoms with Gasteiger partial charge in [0.05, 0.1) is 44.6 Å². The second kappa shape index (κ2) is 13.1. The molecule has 2 aliphatic heterocycles. The van der Waals surface area contributed by atoms with Crippen LogP contribution in [0.2, 0.25) is 0 Å². The Bertz CT molecular complexity index is 1300. The molecule has 3 heterocycles. The van der Waals surface area contributed by atoms with Crippen molar-refractivity contribution >= 4 is 18.0 Å². The van der Waals surface area contributed by atoms with Gasteiger partial charge in [-0.3, -0.25) is 4.98 Å². The maximum absolute atomic E-state index is 14.2. The number of hydroxylamine groups is 3. The lowest BCUT2D eigenvalue weighted by atomic mass is 9.92. The third-order valence-corrected chi connectivity index (χ3v) is 7.40. The number of carbonyl (C=O) groups excluding carboxylic acids is 3. The number of benzene rings is 1. The van der Waals surface area contributed by atoms with E-state index in [1.165, 1.54) is 13.2 Å². The van der Waals surface area contributed by atoms with Gasteiger partial charge in [0, 0.05) is 50.7 Å². The van der Waals surface area contributed by atoms with E-state index in [2.05, 4.69) is 15.6 Å². The van der Waals surface area contributed by atoms with Gasteiger partial charge in [-0.1, -0.05) is 12.1 Å². The average Bonchev–Trinajstić information content (AvgIpc) is 2.97. The van der Waals surface area contributed by atoms with E-state index < -0.39 is 40.4 Å². The van der Waals surface area contributed by atoms with E-state index >= 15 is 0 Å². The van der Waals surface area contributed by atoms with Crippen molar-refractivity contribution < 1.29 is 37.3 Å². The van der Waals surface area contributed by atoms with Crippen LogP contribution in [0.3, 0.4) is 0 Å². The van der Waals surface area contributed by atoms with Gasteiger partial charge in [-0.2, -0.15) is 0 Å². The van der Waals surface area contributed by atoms with Gasteiger partial charge in [0.15, 0.2) is 11.6 Å². The summed E-state index contributed by atoms with van der Waals surface area (Å²) in [5, 5.41) is 18.3. The van der Waals surface area contributed by atoms with Crippen molar-refractivity contribution in [1.29, 1.82) is 0 Å². The average molecular weight is 574 g/mol. The third-order valence-electron chi connectivity index (χ3n) is 7.40. The first kappa shape index (κ1) is 30.0. The highest BCUT2D eigenvalue weighted by molar-refractivity contribution is 6.01. The minimum Gasteiger partial charge on any atom is -0.633 e. The SMILES string of the molecule is COCC1=C(C(=O)OC)C(c2ccc(F)c(F)c2)N(C(=O)NCCC[N+]2([O-])CCC(c3ccccn3)CC2)C(=O)N1. The van der Waals surface area contributed by atoms with E-state index in [0.29, 0.717) is 37.3 Å². The predicted octanol–water partition coefficient (Wildman–Crippen LogP) is 3.49. The van der Waals surface area contributed by atoms with Crippen LogP contribution < -0.4 is 10.6 Å². The Labute approximate surface area is 236 Å². The molecule has 2 aliphatic rings. The number of hydrogen-bond acceptors (Lipinski definition) is 7. The van der Waals surface area contributed by atoms with Crippen LogP contribution in [0, 0.1) is 16.8 Å². The fourth-order valence-corrected chi connectivity index (χ4v) is 5.30. The Morgan fingerprint density at radius 3 is 2.56 bits per heavy atom. The van der Waals surface area contributed by atoms with E-state index in [4.69, 9.17) is 9.47 Å². The van der Waals surface area contributed by atoms with E-state index in [-0.39, 0.29) is 42.4 Å². The summed E-state index contributed by atoms with van der Waals surface area (Å²) in [7, 11) is 2.45. The van der Waals surface area contributed by atoms with Crippen LogP contribution >= 0.6 is 0 Å². The van der Waals surface area contributed by atoms with Gasteiger partial charge in [0.25, 0.3) is 0 Å². The molecule has 2 aromatic rings. The van der Waals surface area contributed by atoms with Gasteiger partial charge in [-0.25, -0.2) is 28.1 Å². The lowest BCUT2D eigenvalue weighted by Crippen LogP contribution is -2.55. The predicted molar refractivity (Wildman–Crippen MR) is 143 cm³/mol. The number of quaternary nitrogens is 1. The zero-order chi connectivity index (χ0) is 29.6. The summed E-state index contributed by atoms with van der Waals surface area (Å²) >= 11 is 0. The van der Waals surface area contributed by atoms with Crippen LogP contribution in [0.4, 0.5) is 18.4 Å². The van der Waals surface area contributed by atoms with Crippen LogP contribution in [-0.4, -0.2) is 79.6 Å². The van der Waals surface area contributed by atoms with Crippen molar-refractivity contribution in [1.82, 2.24) is 20.5 Å². The number of pyridine rings is 1. The minimum absolute atomic E-state index is 0.0232. The van der Waals surface area contributed by atoms with Crippen LogP contribution in [0.25, 0.3) is 0 Å². The summed E-state index contributed by atoms with van der Waals surface area (Å²) in [5.74, 6) is -3.01. The molecule has 4 rings (SSSR count). The highest BCUT2D eigenvalue weighted by Gasteiger charge is 2.43. The first-order valence-electron chi connectivity index (χ1n) is 13.3. The van der Waals surface area contributed by atoms with Crippen molar-refractivity contribution in [3.05, 3.63) is 82.0 Å². The number of esters is 1. The molecule has 2 N–H and O–H groups in total. The fraction of sp³-hybridized carbons (Fsp3) is 0.429. The number of rotatable bonds is 9. The molecule has 1 unspecified atom stereocenters. The van der Waals surface area contributed by atoms with Gasteiger partial charge in [0.2, 0.25) is 0 Å². The van der Waals surface area contributed by atoms with Crippen molar-refractivity contribution in [3.63, 3.8) is 0 Å². The second-order valence-corrected chi connectivity index (χ2v) is 10.0. The summed E-state index contributed by atoms with van der Waals surface area (Å²) in [4.78, 5) is 44.3. The van der Waals surface area contributed by atoms with Crippen molar-refractivity contribution in [2.45, 2.75) is 31.2 Å². The van der Waals surface area contributed by atoms with Crippen LogP contribution in [-0.2, 0) is 14.3 Å². The summed E-state index contributed by atoms with van der Waals surface area (Å²) in [5.41, 5.74) is 0.808. The molecule has 1 aromatic carbocycles. The monoisotopic (exact) mass is 573 g/mol. The number of methoxy groups -OCH3 is 2. The number of amides is 4. The van der Waals surface area contributed by atoms with E-state index in [9.17, 15) is 28.4 Å². The molecular weight excluding hydrogens is 540 g/mol. The number of hydrogen-bond donors (Lipinski definition) is 2. The number of nitrogens with zero attached hydrogens (tertiary/aromatic N) is 3. The molecule has 0 bridgehead atoms. The number of ether oxygens (including phenoxy) is 2. The first-order valence-corrected chi connectivity index (χ1v) is 13.3.